The molecule has 5 heteroatoms. The minimum Gasteiger partial charge on any atom is -0.466 e. The Hall–Kier alpha value is -0.940. The van der Waals surface area contributed by atoms with Gasteiger partial charge in [-0.25, -0.2) is 4.98 Å². The van der Waals surface area contributed by atoms with Gasteiger partial charge in [0.05, 0.1) is 17.2 Å². The Morgan fingerprint density at radius 3 is 3.23 bits per heavy atom. The Kier molecular flexibility index (Phi) is 4.42. The number of nitrogens with one attached hydrogen (secondary N) is 1. The SMILES string of the molecule is CCNC(COC=O)c1cscn1. The summed E-state index contributed by atoms with van der Waals surface area (Å²) in [4.78, 5) is 14.2. The molecule has 0 radical (unpaired) electrons. The molecule has 1 N–H and O–H groups in total. The molecule has 1 aromatic heterocycles. The van der Waals surface area contributed by atoms with Crippen molar-refractivity contribution in [3.05, 3.63) is 16.6 Å². The topological polar surface area (TPSA) is 51.2 Å². The second-order valence-corrected chi connectivity index (χ2v) is 3.17. The number of hydrogen-bond donors (Lipinski definition) is 1. The summed E-state index contributed by atoms with van der Waals surface area (Å²) in [6.45, 7) is 3.61. The number of carbonyl (C=O) groups excluding carboxylic acids is 1. The third-order valence-electron chi connectivity index (χ3n) is 1.59. The van der Waals surface area contributed by atoms with Gasteiger partial charge >= 0.3 is 0 Å². The molecule has 1 rings (SSSR count). The van der Waals surface area contributed by atoms with Crippen molar-refractivity contribution in [2.75, 3.05) is 13.2 Å². The zero-order valence-electron chi connectivity index (χ0n) is 7.40. The van der Waals surface area contributed by atoms with Crippen LogP contribution in [-0.2, 0) is 9.53 Å². The minimum absolute atomic E-state index is 0.0152. The van der Waals surface area contributed by atoms with Crippen molar-refractivity contribution >= 4 is 17.8 Å². The van der Waals surface area contributed by atoms with E-state index in [1.165, 1.54) is 11.3 Å². The predicted molar refractivity (Wildman–Crippen MR) is 50.5 cm³/mol. The number of carbonyl (C=O) groups is 1. The quantitative estimate of drug-likeness (QED) is 0.695. The molecule has 0 fully saturated rings. The molecule has 0 aliphatic heterocycles. The van der Waals surface area contributed by atoms with Gasteiger partial charge in [-0.3, -0.25) is 4.79 Å². The van der Waals surface area contributed by atoms with Crippen LogP contribution in [0.3, 0.4) is 0 Å². The molecular weight excluding hydrogens is 188 g/mol. The fraction of sp³-hybridized carbons (Fsp3) is 0.500. The summed E-state index contributed by atoms with van der Waals surface area (Å²) in [6, 6.07) is 0.0152. The van der Waals surface area contributed by atoms with Crippen molar-refractivity contribution in [1.29, 1.82) is 0 Å². The zero-order valence-corrected chi connectivity index (χ0v) is 8.21. The molecule has 72 valence electrons. The molecule has 13 heavy (non-hydrogen) atoms. The maximum Gasteiger partial charge on any atom is 0.293 e. The Balaban J connectivity index is 2.51. The summed E-state index contributed by atoms with van der Waals surface area (Å²) < 4.78 is 4.69. The first-order chi connectivity index (χ1) is 6.38. The minimum atomic E-state index is 0.0152. The van der Waals surface area contributed by atoms with Crippen LogP contribution in [0.1, 0.15) is 18.7 Å². The van der Waals surface area contributed by atoms with Crippen LogP contribution < -0.4 is 5.32 Å². The van der Waals surface area contributed by atoms with E-state index in [0.717, 1.165) is 12.2 Å². The first-order valence-corrected chi connectivity index (χ1v) is 4.99. The Morgan fingerprint density at radius 2 is 2.69 bits per heavy atom. The van der Waals surface area contributed by atoms with Crippen molar-refractivity contribution in [3.63, 3.8) is 0 Å². The second-order valence-electron chi connectivity index (χ2n) is 2.45. The number of thiazole rings is 1. The second kappa shape index (κ2) is 5.66. The number of rotatable bonds is 6. The molecule has 0 aliphatic carbocycles. The van der Waals surface area contributed by atoms with Gasteiger partial charge in [0.25, 0.3) is 6.47 Å². The largest absolute Gasteiger partial charge is 0.466 e. The van der Waals surface area contributed by atoms with Crippen LogP contribution >= 0.6 is 11.3 Å². The lowest BCUT2D eigenvalue weighted by molar-refractivity contribution is -0.129. The molecule has 0 bridgehead atoms. The van der Waals surface area contributed by atoms with Gasteiger partial charge in [0.15, 0.2) is 0 Å². The van der Waals surface area contributed by atoms with Gasteiger partial charge in [0.2, 0.25) is 0 Å². The van der Waals surface area contributed by atoms with Crippen molar-refractivity contribution in [2.24, 2.45) is 0 Å². The van der Waals surface area contributed by atoms with Gasteiger partial charge in [-0.15, -0.1) is 11.3 Å². The fourth-order valence-electron chi connectivity index (χ4n) is 1.02. The third kappa shape index (κ3) is 3.12. The lowest BCUT2D eigenvalue weighted by Crippen LogP contribution is -2.25. The van der Waals surface area contributed by atoms with E-state index in [9.17, 15) is 4.79 Å². The van der Waals surface area contributed by atoms with Gasteiger partial charge in [-0.05, 0) is 6.54 Å². The van der Waals surface area contributed by atoms with Gasteiger partial charge in [-0.2, -0.15) is 0 Å². The normalized spacial score (nSPS) is 12.4. The van der Waals surface area contributed by atoms with E-state index in [2.05, 4.69) is 10.3 Å². The molecular formula is C8H12N2O2S. The van der Waals surface area contributed by atoms with E-state index in [0.29, 0.717) is 13.1 Å². The highest BCUT2D eigenvalue weighted by Crippen LogP contribution is 2.12. The monoisotopic (exact) mass is 200 g/mol. The van der Waals surface area contributed by atoms with Gasteiger partial charge < -0.3 is 10.1 Å². The van der Waals surface area contributed by atoms with Crippen LogP contribution in [-0.4, -0.2) is 24.6 Å². The number of likely N-dealkylation sites (N-methyl/N-ethyl adjacent to an activating group) is 1. The molecule has 0 aliphatic rings. The standard InChI is InChI=1S/C8H12N2O2S/c1-2-9-7(3-12-6-11)8-4-13-5-10-8/h4-7,9H,2-3H2,1H3. The van der Waals surface area contributed by atoms with E-state index >= 15 is 0 Å². The molecule has 0 spiro atoms. The van der Waals surface area contributed by atoms with E-state index in [-0.39, 0.29) is 6.04 Å². The summed E-state index contributed by atoms with van der Waals surface area (Å²) in [5.41, 5.74) is 2.69. The van der Waals surface area contributed by atoms with Crippen LogP contribution in [0.25, 0.3) is 0 Å². The lowest BCUT2D eigenvalue weighted by atomic mass is 10.2. The summed E-state index contributed by atoms with van der Waals surface area (Å²) in [6.07, 6.45) is 0. The van der Waals surface area contributed by atoms with Crippen LogP contribution in [0.2, 0.25) is 0 Å². The van der Waals surface area contributed by atoms with Crippen molar-refractivity contribution < 1.29 is 9.53 Å². The maximum atomic E-state index is 10.0. The highest BCUT2D eigenvalue weighted by Gasteiger charge is 2.11. The molecule has 1 aromatic rings. The van der Waals surface area contributed by atoms with Crippen LogP contribution in [0.5, 0.6) is 0 Å². The van der Waals surface area contributed by atoms with Crippen molar-refractivity contribution in [3.8, 4) is 0 Å². The van der Waals surface area contributed by atoms with Crippen LogP contribution in [0.4, 0.5) is 0 Å². The molecule has 1 atom stereocenters. The highest BCUT2D eigenvalue weighted by molar-refractivity contribution is 7.07. The molecule has 4 nitrogen and oxygen atoms in total. The summed E-state index contributed by atoms with van der Waals surface area (Å²) in [5.74, 6) is 0. The number of nitrogens with zero attached hydrogens (tertiary/aromatic N) is 1. The zero-order chi connectivity index (χ0) is 9.52. The maximum absolute atomic E-state index is 10.0. The molecule has 0 aromatic carbocycles. The lowest BCUT2D eigenvalue weighted by Gasteiger charge is -2.13. The smallest absolute Gasteiger partial charge is 0.293 e. The van der Waals surface area contributed by atoms with Crippen LogP contribution in [0.15, 0.2) is 10.9 Å². The number of aromatic nitrogens is 1. The Labute approximate surface area is 80.9 Å². The Bertz CT molecular complexity index is 238. The first kappa shape index (κ1) is 10.1. The van der Waals surface area contributed by atoms with Crippen LogP contribution in [0, 0.1) is 0 Å². The molecule has 0 saturated carbocycles. The van der Waals surface area contributed by atoms with E-state index in [1.54, 1.807) is 5.51 Å². The highest BCUT2D eigenvalue weighted by atomic mass is 32.1. The van der Waals surface area contributed by atoms with E-state index in [1.807, 2.05) is 12.3 Å². The average molecular weight is 200 g/mol. The average Bonchev–Trinajstić information content (AvgIpc) is 2.65. The molecule has 1 heterocycles. The van der Waals surface area contributed by atoms with Gasteiger partial charge in [0, 0.05) is 5.38 Å². The number of hydrogen-bond acceptors (Lipinski definition) is 5. The fourth-order valence-corrected chi connectivity index (χ4v) is 1.63. The summed E-state index contributed by atoms with van der Waals surface area (Å²) >= 11 is 1.53. The van der Waals surface area contributed by atoms with Crippen molar-refractivity contribution in [2.45, 2.75) is 13.0 Å². The molecule has 0 saturated heterocycles. The molecule has 0 amide bonds. The number of ether oxygens (including phenoxy) is 1. The Morgan fingerprint density at radius 1 is 1.85 bits per heavy atom. The van der Waals surface area contributed by atoms with Crippen molar-refractivity contribution in [1.82, 2.24) is 10.3 Å². The van der Waals surface area contributed by atoms with Gasteiger partial charge in [0.1, 0.15) is 6.61 Å². The third-order valence-corrected chi connectivity index (χ3v) is 2.19. The van der Waals surface area contributed by atoms with Gasteiger partial charge in [-0.1, -0.05) is 6.92 Å². The summed E-state index contributed by atoms with van der Waals surface area (Å²) in [7, 11) is 0. The van der Waals surface area contributed by atoms with E-state index < -0.39 is 0 Å². The summed E-state index contributed by atoms with van der Waals surface area (Å²) in [5, 5.41) is 5.13. The first-order valence-electron chi connectivity index (χ1n) is 4.05. The predicted octanol–water partition coefficient (Wildman–Crippen LogP) is 0.967. The van der Waals surface area contributed by atoms with E-state index in [4.69, 9.17) is 4.74 Å². The molecule has 1 unspecified atom stereocenters.